The fraction of sp³-hybridized carbons (Fsp3) is 0.231. The second-order valence-corrected chi connectivity index (χ2v) is 5.61. The van der Waals surface area contributed by atoms with Gasteiger partial charge in [-0.3, -0.25) is 0 Å². The zero-order chi connectivity index (χ0) is 13.1. The smallest absolute Gasteiger partial charge is 0.164 e. The topological polar surface area (TPSA) is 28.4 Å². The largest absolute Gasteiger partial charge is 0.454 e. The molecule has 0 bridgehead atoms. The maximum absolute atomic E-state index is 6.02. The van der Waals surface area contributed by atoms with Crippen LogP contribution >= 0.6 is 34.2 Å². The third-order valence-corrected chi connectivity index (χ3v) is 3.34. The van der Waals surface area contributed by atoms with Crippen molar-refractivity contribution in [1.82, 2.24) is 0 Å². The molecule has 0 saturated carbocycles. The summed E-state index contributed by atoms with van der Waals surface area (Å²) in [5.74, 6) is 0.907. The number of nitrogens with one attached hydrogen (secondary N) is 1. The van der Waals surface area contributed by atoms with Crippen LogP contribution in [0.3, 0.4) is 0 Å². The molecule has 5 heteroatoms. The van der Waals surface area contributed by atoms with Gasteiger partial charge < -0.3 is 14.6 Å². The van der Waals surface area contributed by atoms with Crippen molar-refractivity contribution >= 4 is 45.6 Å². The zero-order valence-corrected chi connectivity index (χ0v) is 13.1. The minimum absolute atomic E-state index is 0.643. The highest BCUT2D eigenvalue weighted by Crippen LogP contribution is 2.28. The lowest BCUT2D eigenvalue weighted by molar-refractivity contribution is 0.493. The molecule has 3 nitrogen and oxygen atoms in total. The Morgan fingerprint density at radius 2 is 2.06 bits per heavy atom. The van der Waals surface area contributed by atoms with Crippen molar-refractivity contribution in [2.45, 2.75) is 6.54 Å². The summed E-state index contributed by atoms with van der Waals surface area (Å²) in [7, 11) is 4.01. The van der Waals surface area contributed by atoms with E-state index in [9.17, 15) is 0 Å². The monoisotopic (exact) mass is 376 g/mol. The first kappa shape index (κ1) is 13.5. The van der Waals surface area contributed by atoms with Crippen molar-refractivity contribution in [2.75, 3.05) is 24.3 Å². The first-order valence-electron chi connectivity index (χ1n) is 5.51. The molecule has 0 amide bonds. The maximum Gasteiger partial charge on any atom is 0.164 e. The van der Waals surface area contributed by atoms with Gasteiger partial charge in [0.15, 0.2) is 3.77 Å². The number of halogens is 2. The van der Waals surface area contributed by atoms with Crippen LogP contribution in [0.15, 0.2) is 34.7 Å². The lowest BCUT2D eigenvalue weighted by Crippen LogP contribution is -2.12. The molecule has 0 aliphatic rings. The van der Waals surface area contributed by atoms with Gasteiger partial charge in [-0.25, -0.2) is 0 Å². The molecule has 0 unspecified atom stereocenters. The van der Waals surface area contributed by atoms with E-state index in [0.29, 0.717) is 6.54 Å². The molecule has 0 radical (unpaired) electrons. The number of rotatable bonds is 4. The minimum Gasteiger partial charge on any atom is -0.454 e. The molecule has 2 rings (SSSR count). The Morgan fingerprint density at radius 3 is 2.67 bits per heavy atom. The van der Waals surface area contributed by atoms with Gasteiger partial charge in [0.1, 0.15) is 5.76 Å². The molecular weight excluding hydrogens is 363 g/mol. The van der Waals surface area contributed by atoms with Crippen molar-refractivity contribution in [3.63, 3.8) is 0 Å². The quantitative estimate of drug-likeness (QED) is 0.810. The molecule has 1 aromatic carbocycles. The molecule has 18 heavy (non-hydrogen) atoms. The lowest BCUT2D eigenvalue weighted by Gasteiger charge is -2.18. The van der Waals surface area contributed by atoms with Gasteiger partial charge in [0, 0.05) is 19.1 Å². The Hall–Kier alpha value is -0.880. The third-order valence-electron chi connectivity index (χ3n) is 2.52. The van der Waals surface area contributed by atoms with Gasteiger partial charge in [0.25, 0.3) is 0 Å². The number of hydrogen-bond donors (Lipinski definition) is 1. The van der Waals surface area contributed by atoms with E-state index in [4.69, 9.17) is 16.0 Å². The summed E-state index contributed by atoms with van der Waals surface area (Å²) in [6, 6.07) is 9.72. The van der Waals surface area contributed by atoms with E-state index < -0.39 is 0 Å². The summed E-state index contributed by atoms with van der Waals surface area (Å²) in [5, 5.41) is 4.06. The van der Waals surface area contributed by atoms with Gasteiger partial charge in [-0.1, -0.05) is 11.6 Å². The molecule has 0 saturated heterocycles. The number of anilines is 2. The number of furan rings is 1. The Balaban J connectivity index is 2.15. The van der Waals surface area contributed by atoms with Crippen LogP contribution in [0.4, 0.5) is 11.4 Å². The van der Waals surface area contributed by atoms with E-state index in [1.807, 2.05) is 49.3 Å². The van der Waals surface area contributed by atoms with Gasteiger partial charge in [-0.05, 0) is 52.9 Å². The highest BCUT2D eigenvalue weighted by Gasteiger charge is 2.06. The predicted octanol–water partition coefficient (Wildman–Crippen LogP) is 4.22. The first-order valence-corrected chi connectivity index (χ1v) is 6.97. The molecular formula is C13H14ClIN2O. The summed E-state index contributed by atoms with van der Waals surface area (Å²) >= 11 is 8.18. The fourth-order valence-corrected chi connectivity index (χ4v) is 2.30. The van der Waals surface area contributed by atoms with Crippen molar-refractivity contribution in [1.29, 1.82) is 0 Å². The van der Waals surface area contributed by atoms with Gasteiger partial charge in [-0.15, -0.1) is 0 Å². The van der Waals surface area contributed by atoms with E-state index in [2.05, 4.69) is 27.9 Å². The van der Waals surface area contributed by atoms with Crippen LogP contribution in [0.25, 0.3) is 0 Å². The fourth-order valence-electron chi connectivity index (χ4n) is 1.67. The van der Waals surface area contributed by atoms with E-state index in [-0.39, 0.29) is 0 Å². The summed E-state index contributed by atoms with van der Waals surface area (Å²) in [6.45, 7) is 0.643. The number of hydrogen-bond acceptors (Lipinski definition) is 3. The maximum atomic E-state index is 6.02. The van der Waals surface area contributed by atoms with Crippen LogP contribution in [0.2, 0.25) is 5.02 Å². The summed E-state index contributed by atoms with van der Waals surface area (Å²) in [6.07, 6.45) is 0. The molecule has 2 aromatic rings. The van der Waals surface area contributed by atoms with Gasteiger partial charge in [0.2, 0.25) is 0 Å². The second-order valence-electron chi connectivity index (χ2n) is 4.12. The number of benzene rings is 1. The van der Waals surface area contributed by atoms with Crippen molar-refractivity contribution in [3.05, 3.63) is 44.9 Å². The normalized spacial score (nSPS) is 10.4. The van der Waals surface area contributed by atoms with Crippen molar-refractivity contribution in [2.24, 2.45) is 0 Å². The molecule has 96 valence electrons. The van der Waals surface area contributed by atoms with Crippen LogP contribution < -0.4 is 10.2 Å². The molecule has 0 atom stereocenters. The van der Waals surface area contributed by atoms with E-state index in [0.717, 1.165) is 25.9 Å². The van der Waals surface area contributed by atoms with Gasteiger partial charge in [0.05, 0.1) is 17.9 Å². The van der Waals surface area contributed by atoms with E-state index in [1.54, 1.807) is 0 Å². The van der Waals surface area contributed by atoms with Crippen LogP contribution in [-0.4, -0.2) is 14.1 Å². The van der Waals surface area contributed by atoms with Crippen LogP contribution in [-0.2, 0) is 6.54 Å². The van der Waals surface area contributed by atoms with Crippen LogP contribution in [0.5, 0.6) is 0 Å². The lowest BCUT2D eigenvalue weighted by atomic mass is 10.2. The van der Waals surface area contributed by atoms with Crippen LogP contribution in [0.1, 0.15) is 5.76 Å². The van der Waals surface area contributed by atoms with Gasteiger partial charge in [-0.2, -0.15) is 0 Å². The molecule has 1 heterocycles. The highest BCUT2D eigenvalue weighted by molar-refractivity contribution is 14.1. The Bertz CT molecular complexity index is 540. The minimum atomic E-state index is 0.643. The standard InChI is InChI=1S/C13H14ClIN2O/c1-17(2)12-5-3-9(14)7-11(12)16-8-10-4-6-13(15)18-10/h3-7,16H,8H2,1-2H3. The van der Waals surface area contributed by atoms with Crippen molar-refractivity contribution in [3.8, 4) is 0 Å². The average Bonchev–Trinajstić information content (AvgIpc) is 2.72. The Kier molecular flexibility index (Phi) is 4.40. The van der Waals surface area contributed by atoms with E-state index >= 15 is 0 Å². The van der Waals surface area contributed by atoms with Crippen LogP contribution in [0, 0.1) is 3.77 Å². The average molecular weight is 377 g/mol. The second kappa shape index (κ2) is 5.84. The Morgan fingerprint density at radius 1 is 1.28 bits per heavy atom. The highest BCUT2D eigenvalue weighted by atomic mass is 127. The summed E-state index contributed by atoms with van der Waals surface area (Å²) in [5.41, 5.74) is 2.10. The Labute approximate surface area is 125 Å². The molecule has 1 aromatic heterocycles. The van der Waals surface area contributed by atoms with Gasteiger partial charge >= 0.3 is 0 Å². The first-order chi connectivity index (χ1) is 8.56. The SMILES string of the molecule is CN(C)c1ccc(Cl)cc1NCc1ccc(I)o1. The molecule has 0 fully saturated rings. The van der Waals surface area contributed by atoms with E-state index in [1.165, 1.54) is 0 Å². The molecule has 0 aliphatic carbocycles. The zero-order valence-electron chi connectivity index (χ0n) is 10.2. The predicted molar refractivity (Wildman–Crippen MR) is 84.5 cm³/mol. The molecule has 0 aliphatic heterocycles. The third kappa shape index (κ3) is 3.32. The molecule has 0 spiro atoms. The summed E-state index contributed by atoms with van der Waals surface area (Å²) < 4.78 is 6.41. The van der Waals surface area contributed by atoms with Crippen molar-refractivity contribution < 1.29 is 4.42 Å². The number of nitrogens with zero attached hydrogens (tertiary/aromatic N) is 1. The summed E-state index contributed by atoms with van der Waals surface area (Å²) in [4.78, 5) is 2.05. The molecule has 1 N–H and O–H groups in total.